The molecule has 0 saturated carbocycles. The Morgan fingerprint density at radius 2 is 1.89 bits per heavy atom. The molecule has 1 aromatic carbocycles. The molecule has 0 aliphatic rings. The van der Waals surface area contributed by atoms with Gasteiger partial charge in [0.25, 0.3) is 0 Å². The molecule has 1 aromatic heterocycles. The summed E-state index contributed by atoms with van der Waals surface area (Å²) >= 11 is 5.66. The van der Waals surface area contributed by atoms with E-state index in [0.717, 1.165) is 12.1 Å². The molecule has 0 atom stereocenters. The lowest BCUT2D eigenvalue weighted by Gasteiger charge is -2.09. The van der Waals surface area contributed by atoms with E-state index in [2.05, 4.69) is 4.98 Å². The molecule has 0 aliphatic carbocycles. The minimum absolute atomic E-state index is 0.0338. The minimum Gasteiger partial charge on any atom is -0.487 e. The zero-order chi connectivity index (χ0) is 13.1. The lowest BCUT2D eigenvalue weighted by atomic mass is 10.2. The third-order valence-corrected chi connectivity index (χ3v) is 2.69. The monoisotopic (exact) mass is 270 g/mol. The van der Waals surface area contributed by atoms with E-state index in [-0.39, 0.29) is 17.2 Å². The SMILES string of the molecule is Nc1ccc(OCc2c(F)ccc(F)c2Cl)cn1. The fourth-order valence-electron chi connectivity index (χ4n) is 1.33. The zero-order valence-corrected chi connectivity index (χ0v) is 9.92. The first-order valence-corrected chi connectivity index (χ1v) is 5.42. The van der Waals surface area contributed by atoms with Crippen LogP contribution < -0.4 is 10.5 Å². The molecule has 94 valence electrons. The Hall–Kier alpha value is -1.88. The van der Waals surface area contributed by atoms with Crippen molar-refractivity contribution in [1.82, 2.24) is 4.98 Å². The second-order valence-corrected chi connectivity index (χ2v) is 3.91. The smallest absolute Gasteiger partial charge is 0.142 e. The van der Waals surface area contributed by atoms with Gasteiger partial charge in [0.05, 0.1) is 11.2 Å². The normalized spacial score (nSPS) is 10.4. The van der Waals surface area contributed by atoms with E-state index >= 15 is 0 Å². The molecule has 0 unspecified atom stereocenters. The first-order valence-electron chi connectivity index (χ1n) is 5.04. The first kappa shape index (κ1) is 12.6. The molecule has 1 heterocycles. The van der Waals surface area contributed by atoms with Gasteiger partial charge in [-0.3, -0.25) is 0 Å². The number of rotatable bonds is 3. The van der Waals surface area contributed by atoms with E-state index in [1.807, 2.05) is 0 Å². The summed E-state index contributed by atoms with van der Waals surface area (Å²) in [7, 11) is 0. The van der Waals surface area contributed by atoms with Gasteiger partial charge in [0.2, 0.25) is 0 Å². The van der Waals surface area contributed by atoms with Crippen molar-refractivity contribution in [3.8, 4) is 5.75 Å². The Bertz CT molecular complexity index is 561. The van der Waals surface area contributed by atoms with Gasteiger partial charge in [-0.05, 0) is 24.3 Å². The molecule has 6 heteroatoms. The van der Waals surface area contributed by atoms with Crippen LogP contribution in [0.25, 0.3) is 0 Å². The molecule has 0 spiro atoms. The molecule has 0 fully saturated rings. The van der Waals surface area contributed by atoms with Crippen molar-refractivity contribution < 1.29 is 13.5 Å². The number of aromatic nitrogens is 1. The fraction of sp³-hybridized carbons (Fsp3) is 0.0833. The van der Waals surface area contributed by atoms with Crippen LogP contribution in [0.4, 0.5) is 14.6 Å². The molecule has 18 heavy (non-hydrogen) atoms. The predicted octanol–water partition coefficient (Wildman–Crippen LogP) is 3.17. The Morgan fingerprint density at radius 3 is 2.56 bits per heavy atom. The van der Waals surface area contributed by atoms with Gasteiger partial charge >= 0.3 is 0 Å². The Kier molecular flexibility index (Phi) is 3.62. The summed E-state index contributed by atoms with van der Waals surface area (Å²) in [4.78, 5) is 3.81. The molecule has 2 aromatic rings. The lowest BCUT2D eigenvalue weighted by Crippen LogP contribution is -2.01. The average molecular weight is 271 g/mol. The van der Waals surface area contributed by atoms with Crippen molar-refractivity contribution in [1.29, 1.82) is 0 Å². The second kappa shape index (κ2) is 5.18. The van der Waals surface area contributed by atoms with Crippen molar-refractivity contribution in [2.45, 2.75) is 6.61 Å². The molecule has 0 bridgehead atoms. The van der Waals surface area contributed by atoms with Gasteiger partial charge in [-0.1, -0.05) is 11.6 Å². The molecular formula is C12H9ClF2N2O. The van der Waals surface area contributed by atoms with Crippen LogP contribution in [0, 0.1) is 11.6 Å². The van der Waals surface area contributed by atoms with E-state index in [1.54, 1.807) is 12.1 Å². The van der Waals surface area contributed by atoms with E-state index in [9.17, 15) is 8.78 Å². The van der Waals surface area contributed by atoms with Crippen LogP contribution in [-0.4, -0.2) is 4.98 Å². The summed E-state index contributed by atoms with van der Waals surface area (Å²) in [5.41, 5.74) is 5.37. The summed E-state index contributed by atoms with van der Waals surface area (Å²) in [5.74, 6) is -0.571. The van der Waals surface area contributed by atoms with E-state index in [0.29, 0.717) is 11.6 Å². The third kappa shape index (κ3) is 2.68. The first-order chi connectivity index (χ1) is 8.58. The molecule has 0 radical (unpaired) electrons. The highest BCUT2D eigenvalue weighted by molar-refractivity contribution is 6.31. The predicted molar refractivity (Wildman–Crippen MR) is 64.3 cm³/mol. The third-order valence-electron chi connectivity index (χ3n) is 2.28. The molecular weight excluding hydrogens is 262 g/mol. The number of pyridine rings is 1. The zero-order valence-electron chi connectivity index (χ0n) is 9.16. The Labute approximate surface area is 107 Å². The Morgan fingerprint density at radius 1 is 1.17 bits per heavy atom. The van der Waals surface area contributed by atoms with Crippen LogP contribution in [-0.2, 0) is 6.61 Å². The fourth-order valence-corrected chi connectivity index (χ4v) is 1.54. The quantitative estimate of drug-likeness (QED) is 0.872. The topological polar surface area (TPSA) is 48.1 Å². The second-order valence-electron chi connectivity index (χ2n) is 3.53. The summed E-state index contributed by atoms with van der Waals surface area (Å²) < 4.78 is 31.8. The van der Waals surface area contributed by atoms with Crippen molar-refractivity contribution in [3.05, 3.63) is 52.7 Å². The molecule has 3 nitrogen and oxygen atoms in total. The van der Waals surface area contributed by atoms with Gasteiger partial charge in [-0.15, -0.1) is 0 Å². The summed E-state index contributed by atoms with van der Waals surface area (Å²) in [6, 6.07) is 5.08. The maximum atomic E-state index is 13.4. The number of nitrogen functional groups attached to an aromatic ring is 1. The van der Waals surface area contributed by atoms with Gasteiger partial charge in [0, 0.05) is 5.56 Å². The molecule has 0 amide bonds. The summed E-state index contributed by atoms with van der Waals surface area (Å²) in [6.07, 6.45) is 1.39. The molecule has 2 N–H and O–H groups in total. The van der Waals surface area contributed by atoms with Crippen molar-refractivity contribution >= 4 is 17.4 Å². The lowest BCUT2D eigenvalue weighted by molar-refractivity contribution is 0.298. The van der Waals surface area contributed by atoms with Gasteiger partial charge < -0.3 is 10.5 Å². The summed E-state index contributed by atoms with van der Waals surface area (Å²) in [6.45, 7) is -0.186. The highest BCUT2D eigenvalue weighted by atomic mass is 35.5. The number of nitrogens with zero attached hydrogens (tertiary/aromatic N) is 1. The van der Waals surface area contributed by atoms with Crippen LogP contribution in [0.1, 0.15) is 5.56 Å². The number of nitrogens with two attached hydrogens (primary N) is 1. The van der Waals surface area contributed by atoms with E-state index in [1.165, 1.54) is 6.20 Å². The average Bonchev–Trinajstić information content (AvgIpc) is 2.36. The highest BCUT2D eigenvalue weighted by Crippen LogP contribution is 2.24. The van der Waals surface area contributed by atoms with Crippen LogP contribution in [0.3, 0.4) is 0 Å². The van der Waals surface area contributed by atoms with Gasteiger partial charge in [-0.25, -0.2) is 13.8 Å². The van der Waals surface area contributed by atoms with E-state index < -0.39 is 11.6 Å². The number of anilines is 1. The molecule has 0 aliphatic heterocycles. The number of benzene rings is 1. The minimum atomic E-state index is -0.688. The maximum Gasteiger partial charge on any atom is 0.142 e. The summed E-state index contributed by atoms with van der Waals surface area (Å²) in [5, 5.41) is -0.279. The van der Waals surface area contributed by atoms with Crippen LogP contribution in [0.2, 0.25) is 5.02 Å². The van der Waals surface area contributed by atoms with Crippen LogP contribution in [0.5, 0.6) is 5.75 Å². The maximum absolute atomic E-state index is 13.4. The van der Waals surface area contributed by atoms with Crippen LogP contribution in [0.15, 0.2) is 30.5 Å². The number of ether oxygens (including phenoxy) is 1. The van der Waals surface area contributed by atoms with Crippen molar-refractivity contribution in [3.63, 3.8) is 0 Å². The van der Waals surface area contributed by atoms with Crippen molar-refractivity contribution in [2.24, 2.45) is 0 Å². The number of hydrogen-bond acceptors (Lipinski definition) is 3. The molecule has 2 rings (SSSR count). The van der Waals surface area contributed by atoms with Gasteiger partial charge in [0.1, 0.15) is 29.8 Å². The van der Waals surface area contributed by atoms with Gasteiger partial charge in [-0.2, -0.15) is 0 Å². The largest absolute Gasteiger partial charge is 0.487 e. The van der Waals surface area contributed by atoms with Crippen molar-refractivity contribution in [2.75, 3.05) is 5.73 Å². The standard InChI is InChI=1S/C12H9ClF2N2O/c13-12-8(9(14)2-3-10(12)15)6-18-7-1-4-11(16)17-5-7/h1-5H,6H2,(H2,16,17). The number of hydrogen-bond donors (Lipinski definition) is 1. The molecule has 0 saturated heterocycles. The number of halogens is 3. The highest BCUT2D eigenvalue weighted by Gasteiger charge is 2.12. The Balaban J connectivity index is 2.15. The van der Waals surface area contributed by atoms with Gasteiger partial charge in [0.15, 0.2) is 0 Å². The van der Waals surface area contributed by atoms with E-state index in [4.69, 9.17) is 22.1 Å². The van der Waals surface area contributed by atoms with Crippen LogP contribution >= 0.6 is 11.6 Å².